The van der Waals surface area contributed by atoms with E-state index in [-0.39, 0.29) is 19.3 Å². The number of alkyl halides is 3. The summed E-state index contributed by atoms with van der Waals surface area (Å²) in [7, 11) is 0. The van der Waals surface area contributed by atoms with Gasteiger partial charge in [0.25, 0.3) is 0 Å². The molecular formula is C13H13F3O4. The van der Waals surface area contributed by atoms with Crippen LogP contribution in [0.3, 0.4) is 0 Å². The number of hydrogen-bond donors (Lipinski definition) is 2. The number of hydrogen-bond acceptors (Lipinski definition) is 2. The van der Waals surface area contributed by atoms with Crippen molar-refractivity contribution < 1.29 is 33.0 Å². The molecule has 1 aromatic carbocycles. The summed E-state index contributed by atoms with van der Waals surface area (Å²) >= 11 is 0. The predicted octanol–water partition coefficient (Wildman–Crippen LogP) is 2.81. The standard InChI is InChI=1S/C13H13F3O4/c14-13(15,16)9-5-1-3-8(7-9)4-2-6-10(11(17)18)12(19)20/h1,3,5,7,10H,2,4,6H2,(H,17,18)(H,19,20). The maximum Gasteiger partial charge on any atom is 0.416 e. The molecule has 110 valence electrons. The minimum absolute atomic E-state index is 0.124. The first-order chi connectivity index (χ1) is 9.21. The molecule has 0 fully saturated rings. The van der Waals surface area contributed by atoms with Crippen molar-refractivity contribution in [1.29, 1.82) is 0 Å². The van der Waals surface area contributed by atoms with Gasteiger partial charge in [0, 0.05) is 0 Å². The number of carboxylic acid groups (broad SMARTS) is 2. The maximum atomic E-state index is 12.5. The highest BCUT2D eigenvalue weighted by Crippen LogP contribution is 2.29. The minimum Gasteiger partial charge on any atom is -0.481 e. The Bertz CT molecular complexity index is 483. The zero-order valence-electron chi connectivity index (χ0n) is 10.4. The van der Waals surface area contributed by atoms with Gasteiger partial charge in [0.1, 0.15) is 0 Å². The highest BCUT2D eigenvalue weighted by molar-refractivity contribution is 5.92. The van der Waals surface area contributed by atoms with Gasteiger partial charge in [0.05, 0.1) is 5.56 Å². The number of rotatable bonds is 6. The highest BCUT2D eigenvalue weighted by Gasteiger charge is 2.30. The zero-order valence-corrected chi connectivity index (χ0v) is 10.4. The van der Waals surface area contributed by atoms with Crippen molar-refractivity contribution in [3.05, 3.63) is 35.4 Å². The molecule has 0 heterocycles. The van der Waals surface area contributed by atoms with Crippen LogP contribution >= 0.6 is 0 Å². The van der Waals surface area contributed by atoms with E-state index < -0.39 is 29.6 Å². The van der Waals surface area contributed by atoms with E-state index in [4.69, 9.17) is 10.2 Å². The van der Waals surface area contributed by atoms with E-state index >= 15 is 0 Å². The maximum absolute atomic E-state index is 12.5. The van der Waals surface area contributed by atoms with Crippen LogP contribution in [0.4, 0.5) is 13.2 Å². The predicted molar refractivity (Wildman–Crippen MR) is 63.1 cm³/mol. The van der Waals surface area contributed by atoms with E-state index in [2.05, 4.69) is 0 Å². The SMILES string of the molecule is O=C(O)C(CCCc1cccc(C(F)(F)F)c1)C(=O)O. The molecule has 0 aliphatic heterocycles. The van der Waals surface area contributed by atoms with Gasteiger partial charge in [0.15, 0.2) is 5.92 Å². The Morgan fingerprint density at radius 2 is 1.75 bits per heavy atom. The molecule has 0 saturated heterocycles. The third-order valence-corrected chi connectivity index (χ3v) is 2.81. The van der Waals surface area contributed by atoms with Gasteiger partial charge in [-0.2, -0.15) is 13.2 Å². The molecule has 0 aromatic heterocycles. The fourth-order valence-electron chi connectivity index (χ4n) is 1.77. The molecule has 20 heavy (non-hydrogen) atoms. The van der Waals surface area contributed by atoms with Crippen molar-refractivity contribution in [1.82, 2.24) is 0 Å². The van der Waals surface area contributed by atoms with Crippen LogP contribution in [0.15, 0.2) is 24.3 Å². The van der Waals surface area contributed by atoms with Crippen molar-refractivity contribution in [3.63, 3.8) is 0 Å². The van der Waals surface area contributed by atoms with Crippen molar-refractivity contribution in [2.75, 3.05) is 0 Å². The molecule has 0 radical (unpaired) electrons. The smallest absolute Gasteiger partial charge is 0.416 e. The fraction of sp³-hybridized carbons (Fsp3) is 0.385. The third-order valence-electron chi connectivity index (χ3n) is 2.81. The first kappa shape index (κ1) is 16.0. The van der Waals surface area contributed by atoms with E-state index in [0.717, 1.165) is 12.1 Å². The quantitative estimate of drug-likeness (QED) is 0.790. The van der Waals surface area contributed by atoms with Crippen LogP contribution in [-0.2, 0) is 22.2 Å². The molecule has 0 atom stereocenters. The lowest BCUT2D eigenvalue weighted by Gasteiger charge is -2.10. The third kappa shape index (κ3) is 4.56. The molecular weight excluding hydrogens is 277 g/mol. The molecule has 0 saturated carbocycles. The minimum atomic E-state index is -4.43. The second kappa shape index (κ2) is 6.40. The van der Waals surface area contributed by atoms with E-state index in [0.29, 0.717) is 5.56 Å². The van der Waals surface area contributed by atoms with E-state index in [1.165, 1.54) is 12.1 Å². The number of carboxylic acids is 2. The first-order valence-electron chi connectivity index (χ1n) is 5.83. The largest absolute Gasteiger partial charge is 0.481 e. The van der Waals surface area contributed by atoms with E-state index in [1.807, 2.05) is 0 Å². The number of halogens is 3. The summed E-state index contributed by atoms with van der Waals surface area (Å²) in [4.78, 5) is 21.3. The zero-order chi connectivity index (χ0) is 15.3. The Labute approximate surface area is 112 Å². The lowest BCUT2D eigenvalue weighted by molar-refractivity contribution is -0.154. The monoisotopic (exact) mass is 290 g/mol. The Hall–Kier alpha value is -2.05. The Balaban J connectivity index is 2.62. The lowest BCUT2D eigenvalue weighted by Crippen LogP contribution is -2.23. The van der Waals surface area contributed by atoms with Gasteiger partial charge in [-0.05, 0) is 30.9 Å². The second-order valence-electron chi connectivity index (χ2n) is 4.32. The summed E-state index contributed by atoms with van der Waals surface area (Å²) in [6, 6.07) is 4.69. The first-order valence-corrected chi connectivity index (χ1v) is 5.83. The van der Waals surface area contributed by atoms with Gasteiger partial charge in [-0.15, -0.1) is 0 Å². The van der Waals surface area contributed by atoms with Crippen LogP contribution in [0.25, 0.3) is 0 Å². The summed E-state index contributed by atoms with van der Waals surface area (Å²) in [5.41, 5.74) is -0.377. The molecule has 1 aromatic rings. The number of benzene rings is 1. The second-order valence-corrected chi connectivity index (χ2v) is 4.32. The molecule has 0 unspecified atom stereocenters. The Morgan fingerprint density at radius 1 is 1.15 bits per heavy atom. The number of carbonyl (C=O) groups is 2. The molecule has 0 aliphatic carbocycles. The molecule has 0 aliphatic rings. The molecule has 0 amide bonds. The number of aryl methyl sites for hydroxylation is 1. The lowest BCUT2D eigenvalue weighted by atomic mass is 9.99. The normalized spacial score (nSPS) is 11.6. The van der Waals surface area contributed by atoms with Gasteiger partial charge < -0.3 is 10.2 Å². The van der Waals surface area contributed by atoms with Crippen molar-refractivity contribution in [2.24, 2.45) is 5.92 Å². The summed E-state index contributed by atoms with van der Waals surface area (Å²) in [6.07, 6.45) is -4.17. The molecule has 2 N–H and O–H groups in total. The average Bonchev–Trinajstić information content (AvgIpc) is 2.33. The van der Waals surface area contributed by atoms with Gasteiger partial charge >= 0.3 is 18.1 Å². The molecule has 0 spiro atoms. The molecule has 7 heteroatoms. The van der Waals surface area contributed by atoms with Crippen LogP contribution in [0.5, 0.6) is 0 Å². The van der Waals surface area contributed by atoms with Crippen LogP contribution in [0.1, 0.15) is 24.0 Å². The highest BCUT2D eigenvalue weighted by atomic mass is 19.4. The van der Waals surface area contributed by atoms with Gasteiger partial charge in [-0.25, -0.2) is 0 Å². The molecule has 4 nitrogen and oxygen atoms in total. The van der Waals surface area contributed by atoms with Gasteiger partial charge in [-0.1, -0.05) is 18.2 Å². The van der Waals surface area contributed by atoms with E-state index in [9.17, 15) is 22.8 Å². The van der Waals surface area contributed by atoms with Crippen molar-refractivity contribution in [3.8, 4) is 0 Å². The van der Waals surface area contributed by atoms with Crippen LogP contribution in [0.2, 0.25) is 0 Å². The van der Waals surface area contributed by atoms with E-state index in [1.54, 1.807) is 0 Å². The Morgan fingerprint density at radius 3 is 2.25 bits per heavy atom. The van der Waals surface area contributed by atoms with Gasteiger partial charge in [0.2, 0.25) is 0 Å². The Kier molecular flexibility index (Phi) is 5.12. The molecule has 0 bridgehead atoms. The molecule has 1 rings (SSSR count). The summed E-state index contributed by atoms with van der Waals surface area (Å²) in [6.45, 7) is 0. The summed E-state index contributed by atoms with van der Waals surface area (Å²) in [5, 5.41) is 17.3. The van der Waals surface area contributed by atoms with Gasteiger partial charge in [-0.3, -0.25) is 9.59 Å². The fourth-order valence-corrected chi connectivity index (χ4v) is 1.77. The average molecular weight is 290 g/mol. The summed E-state index contributed by atoms with van der Waals surface area (Å²) in [5.74, 6) is -4.41. The van der Waals surface area contributed by atoms with Crippen LogP contribution in [-0.4, -0.2) is 22.2 Å². The van der Waals surface area contributed by atoms with Crippen molar-refractivity contribution in [2.45, 2.75) is 25.4 Å². The topological polar surface area (TPSA) is 74.6 Å². The number of aliphatic carboxylic acids is 2. The van der Waals surface area contributed by atoms with Crippen molar-refractivity contribution >= 4 is 11.9 Å². The van der Waals surface area contributed by atoms with Crippen LogP contribution in [0, 0.1) is 5.92 Å². The van der Waals surface area contributed by atoms with Crippen LogP contribution < -0.4 is 0 Å². The summed E-state index contributed by atoms with van der Waals surface area (Å²) < 4.78 is 37.4.